The highest BCUT2D eigenvalue weighted by Crippen LogP contribution is 2.33. The average Bonchev–Trinajstić information content (AvgIpc) is 2.75. The average molecular weight is 263 g/mol. The van der Waals surface area contributed by atoms with Crippen molar-refractivity contribution in [1.82, 2.24) is 0 Å². The number of benzene rings is 1. The summed E-state index contributed by atoms with van der Waals surface area (Å²) in [6, 6.07) is 5.63. The van der Waals surface area contributed by atoms with Gasteiger partial charge in [0.15, 0.2) is 0 Å². The molecule has 0 spiro atoms. The maximum atomic E-state index is 12.0. The van der Waals surface area contributed by atoms with Crippen molar-refractivity contribution < 1.29 is 14.6 Å². The molecule has 19 heavy (non-hydrogen) atoms. The van der Waals surface area contributed by atoms with Crippen molar-refractivity contribution in [2.45, 2.75) is 44.6 Å². The van der Waals surface area contributed by atoms with Crippen molar-refractivity contribution >= 4 is 11.6 Å². The largest absolute Gasteiger partial charge is 0.495 e. The highest BCUT2D eigenvalue weighted by molar-refractivity contribution is 5.93. The highest BCUT2D eigenvalue weighted by atomic mass is 16.5. The van der Waals surface area contributed by atoms with Crippen LogP contribution in [-0.2, 0) is 4.79 Å². The molecule has 0 bridgehead atoms. The van der Waals surface area contributed by atoms with Crippen molar-refractivity contribution in [3.05, 3.63) is 23.8 Å². The van der Waals surface area contributed by atoms with Gasteiger partial charge in [0.25, 0.3) is 0 Å². The van der Waals surface area contributed by atoms with Crippen LogP contribution in [0.25, 0.3) is 0 Å². The lowest BCUT2D eigenvalue weighted by molar-refractivity contribution is -0.120. The fourth-order valence-corrected chi connectivity index (χ4v) is 2.62. The van der Waals surface area contributed by atoms with Gasteiger partial charge in [0.1, 0.15) is 5.75 Å². The Hall–Kier alpha value is -1.55. The third kappa shape index (κ3) is 3.47. The molecule has 2 N–H and O–H groups in total. The quantitative estimate of drug-likeness (QED) is 0.878. The molecule has 1 aromatic carbocycles. The number of ether oxygens (including phenoxy) is 1. The normalized spacial score (nSPS) is 17.2. The fourth-order valence-electron chi connectivity index (χ4n) is 2.62. The van der Waals surface area contributed by atoms with E-state index in [2.05, 4.69) is 5.32 Å². The Morgan fingerprint density at radius 3 is 2.74 bits per heavy atom. The first kappa shape index (κ1) is 13.9. The minimum absolute atomic E-state index is 0.157. The number of carbonyl (C=O) groups excluding carboxylic acids is 1. The Kier molecular flexibility index (Phi) is 4.10. The number of hydrogen-bond donors (Lipinski definition) is 2. The van der Waals surface area contributed by atoms with E-state index in [0.717, 1.165) is 18.4 Å². The van der Waals surface area contributed by atoms with E-state index >= 15 is 0 Å². The van der Waals surface area contributed by atoms with Crippen LogP contribution in [-0.4, -0.2) is 23.7 Å². The Balaban J connectivity index is 2.04. The lowest BCUT2D eigenvalue weighted by Gasteiger charge is -2.21. The molecular formula is C15H21NO3. The monoisotopic (exact) mass is 263 g/mol. The first-order valence-electron chi connectivity index (χ1n) is 6.69. The highest BCUT2D eigenvalue weighted by Gasteiger charge is 2.33. The summed E-state index contributed by atoms with van der Waals surface area (Å²) in [6.45, 7) is 1.96. The smallest absolute Gasteiger partial charge is 0.227 e. The van der Waals surface area contributed by atoms with Gasteiger partial charge in [0, 0.05) is 0 Å². The molecule has 0 atom stereocenters. The maximum absolute atomic E-state index is 12.0. The number of aryl methyl sites for hydroxylation is 1. The van der Waals surface area contributed by atoms with Gasteiger partial charge < -0.3 is 15.2 Å². The van der Waals surface area contributed by atoms with Gasteiger partial charge in [0.2, 0.25) is 5.91 Å². The van der Waals surface area contributed by atoms with Crippen LogP contribution in [0.15, 0.2) is 18.2 Å². The van der Waals surface area contributed by atoms with E-state index in [1.807, 2.05) is 25.1 Å². The van der Waals surface area contributed by atoms with Gasteiger partial charge in [-0.15, -0.1) is 0 Å². The summed E-state index contributed by atoms with van der Waals surface area (Å²) in [4.78, 5) is 12.0. The number of carbonyl (C=O) groups is 1. The second-order valence-electron chi connectivity index (χ2n) is 5.36. The fraction of sp³-hybridized carbons (Fsp3) is 0.533. The lowest BCUT2D eigenvalue weighted by Crippen LogP contribution is -2.30. The number of hydrogen-bond acceptors (Lipinski definition) is 3. The molecule has 4 heteroatoms. The molecule has 0 radical (unpaired) electrons. The Morgan fingerprint density at radius 1 is 1.42 bits per heavy atom. The first-order chi connectivity index (χ1) is 9.02. The van der Waals surface area contributed by atoms with Crippen LogP contribution in [0, 0.1) is 6.92 Å². The third-order valence-corrected chi connectivity index (χ3v) is 3.65. The minimum Gasteiger partial charge on any atom is -0.495 e. The summed E-state index contributed by atoms with van der Waals surface area (Å²) in [6.07, 6.45) is 3.58. The van der Waals surface area contributed by atoms with Crippen LogP contribution >= 0.6 is 0 Å². The van der Waals surface area contributed by atoms with Crippen molar-refractivity contribution in [1.29, 1.82) is 0 Å². The third-order valence-electron chi connectivity index (χ3n) is 3.65. The van der Waals surface area contributed by atoms with Crippen molar-refractivity contribution in [2.75, 3.05) is 12.4 Å². The maximum Gasteiger partial charge on any atom is 0.227 e. The van der Waals surface area contributed by atoms with Crippen LogP contribution in [0.1, 0.15) is 37.7 Å². The molecule has 1 aliphatic rings. The molecule has 1 aromatic rings. The van der Waals surface area contributed by atoms with Crippen LogP contribution < -0.4 is 10.1 Å². The van der Waals surface area contributed by atoms with E-state index in [-0.39, 0.29) is 12.3 Å². The SMILES string of the molecule is COc1ccc(C)cc1NC(=O)CC1(O)CCCC1. The zero-order chi connectivity index (χ0) is 13.9. The van der Waals surface area contributed by atoms with Gasteiger partial charge in [-0.2, -0.15) is 0 Å². The predicted octanol–water partition coefficient (Wildman–Crippen LogP) is 2.64. The number of methoxy groups -OCH3 is 1. The standard InChI is InChI=1S/C15H21NO3/c1-11-5-6-13(19-2)12(9-11)16-14(17)10-15(18)7-3-4-8-15/h5-6,9,18H,3-4,7-8,10H2,1-2H3,(H,16,17). The number of anilines is 1. The molecule has 1 aliphatic carbocycles. The van der Waals surface area contributed by atoms with E-state index in [1.165, 1.54) is 0 Å². The topological polar surface area (TPSA) is 58.6 Å². The van der Waals surface area contributed by atoms with Gasteiger partial charge in [-0.25, -0.2) is 0 Å². The number of nitrogens with one attached hydrogen (secondary N) is 1. The van der Waals surface area contributed by atoms with E-state index in [4.69, 9.17) is 4.74 Å². The molecule has 1 amide bonds. The zero-order valence-corrected chi connectivity index (χ0v) is 11.5. The summed E-state index contributed by atoms with van der Waals surface area (Å²) >= 11 is 0. The molecular weight excluding hydrogens is 242 g/mol. The van der Waals surface area contributed by atoms with Crippen molar-refractivity contribution in [3.8, 4) is 5.75 Å². The van der Waals surface area contributed by atoms with Gasteiger partial charge >= 0.3 is 0 Å². The molecule has 0 aliphatic heterocycles. The molecule has 0 aromatic heterocycles. The van der Waals surface area contributed by atoms with Crippen LogP contribution in [0.5, 0.6) is 5.75 Å². The number of amides is 1. The number of aliphatic hydroxyl groups is 1. The second-order valence-corrected chi connectivity index (χ2v) is 5.36. The van der Waals surface area contributed by atoms with E-state index in [9.17, 15) is 9.90 Å². The van der Waals surface area contributed by atoms with Crippen LogP contribution in [0.3, 0.4) is 0 Å². The molecule has 0 unspecified atom stereocenters. The van der Waals surface area contributed by atoms with Gasteiger partial charge in [0.05, 0.1) is 24.8 Å². The Labute approximate surface area is 113 Å². The number of rotatable bonds is 4. The minimum atomic E-state index is -0.818. The zero-order valence-electron chi connectivity index (χ0n) is 11.5. The van der Waals surface area contributed by atoms with E-state index in [1.54, 1.807) is 7.11 Å². The summed E-state index contributed by atoms with van der Waals surface area (Å²) in [5, 5.41) is 13.1. The van der Waals surface area contributed by atoms with Crippen molar-refractivity contribution in [2.24, 2.45) is 0 Å². The van der Waals surface area contributed by atoms with E-state index in [0.29, 0.717) is 24.3 Å². The summed E-state index contributed by atoms with van der Waals surface area (Å²) in [5.41, 5.74) is 0.894. The van der Waals surface area contributed by atoms with Crippen LogP contribution in [0.2, 0.25) is 0 Å². The summed E-state index contributed by atoms with van der Waals surface area (Å²) in [5.74, 6) is 0.477. The molecule has 4 nitrogen and oxygen atoms in total. The molecule has 104 valence electrons. The second kappa shape index (κ2) is 5.61. The molecule has 1 fully saturated rings. The van der Waals surface area contributed by atoms with Gasteiger partial charge in [-0.3, -0.25) is 4.79 Å². The van der Waals surface area contributed by atoms with Crippen molar-refractivity contribution in [3.63, 3.8) is 0 Å². The predicted molar refractivity (Wildman–Crippen MR) is 74.4 cm³/mol. The molecule has 0 heterocycles. The summed E-state index contributed by atoms with van der Waals surface area (Å²) in [7, 11) is 1.57. The summed E-state index contributed by atoms with van der Waals surface area (Å²) < 4.78 is 5.22. The first-order valence-corrected chi connectivity index (χ1v) is 6.69. The lowest BCUT2D eigenvalue weighted by atomic mass is 9.97. The van der Waals surface area contributed by atoms with Gasteiger partial charge in [-0.1, -0.05) is 18.9 Å². The van der Waals surface area contributed by atoms with E-state index < -0.39 is 5.60 Å². The molecule has 0 saturated heterocycles. The molecule has 1 saturated carbocycles. The van der Waals surface area contributed by atoms with Crippen LogP contribution in [0.4, 0.5) is 5.69 Å². The molecule has 2 rings (SSSR count). The Bertz CT molecular complexity index is 464. The Morgan fingerprint density at radius 2 is 2.11 bits per heavy atom. The van der Waals surface area contributed by atoms with Gasteiger partial charge in [-0.05, 0) is 37.5 Å².